The van der Waals surface area contributed by atoms with Crippen molar-refractivity contribution in [2.45, 2.75) is 26.8 Å². The fourth-order valence-corrected chi connectivity index (χ4v) is 1.26. The summed E-state index contributed by atoms with van der Waals surface area (Å²) in [4.78, 5) is 4.10. The molecule has 68 valence electrons. The highest BCUT2D eigenvalue weighted by Gasteiger charge is 2.14. The van der Waals surface area contributed by atoms with Crippen LogP contribution < -0.4 is 5.32 Å². The average molecular weight is 166 g/mol. The maximum atomic E-state index is 4.10. The molecule has 1 aliphatic rings. The minimum absolute atomic E-state index is 0.571. The second kappa shape index (κ2) is 4.41. The van der Waals surface area contributed by atoms with Crippen molar-refractivity contribution in [1.29, 1.82) is 0 Å². The van der Waals surface area contributed by atoms with Crippen molar-refractivity contribution in [3.8, 4) is 0 Å². The van der Waals surface area contributed by atoms with Crippen LogP contribution >= 0.6 is 0 Å². The highest BCUT2D eigenvalue weighted by Crippen LogP contribution is 2.14. The Kier molecular flexibility index (Phi) is 3.48. The van der Waals surface area contributed by atoms with Gasteiger partial charge < -0.3 is 5.32 Å². The van der Waals surface area contributed by atoms with Gasteiger partial charge in [-0.3, -0.25) is 4.99 Å². The molecule has 2 heteroatoms. The Bertz CT molecular complexity index is 182. The van der Waals surface area contributed by atoms with Gasteiger partial charge in [0.05, 0.1) is 0 Å². The van der Waals surface area contributed by atoms with Gasteiger partial charge in [0.15, 0.2) is 0 Å². The third kappa shape index (κ3) is 2.78. The standard InChI is InChI=1S/C10H18N2/c1-8(2)12-7-10-4-5-11-6-9(10)3/h4-6,8-10,12H,7H2,1-3H3. The van der Waals surface area contributed by atoms with Crippen LogP contribution in [0.2, 0.25) is 0 Å². The van der Waals surface area contributed by atoms with Crippen molar-refractivity contribution in [2.24, 2.45) is 16.8 Å². The van der Waals surface area contributed by atoms with Crippen LogP contribution in [0.4, 0.5) is 0 Å². The van der Waals surface area contributed by atoms with E-state index < -0.39 is 0 Å². The average Bonchev–Trinajstić information content (AvgIpc) is 2.03. The summed E-state index contributed by atoms with van der Waals surface area (Å²) >= 11 is 0. The van der Waals surface area contributed by atoms with Gasteiger partial charge >= 0.3 is 0 Å². The van der Waals surface area contributed by atoms with E-state index in [0.717, 1.165) is 6.54 Å². The SMILES string of the molecule is CC(C)NCC1C=CN=CC1C. The number of hydrogen-bond donors (Lipinski definition) is 1. The Labute approximate surface area is 74.8 Å². The molecule has 0 aliphatic carbocycles. The molecule has 1 N–H and O–H groups in total. The molecule has 0 bridgehead atoms. The monoisotopic (exact) mass is 166 g/mol. The van der Waals surface area contributed by atoms with Gasteiger partial charge in [0.2, 0.25) is 0 Å². The smallest absolute Gasteiger partial charge is 0.0227 e. The number of rotatable bonds is 3. The number of nitrogens with one attached hydrogen (secondary N) is 1. The summed E-state index contributed by atoms with van der Waals surface area (Å²) < 4.78 is 0. The highest BCUT2D eigenvalue weighted by molar-refractivity contribution is 5.63. The van der Waals surface area contributed by atoms with Crippen molar-refractivity contribution in [3.05, 3.63) is 12.3 Å². The molecule has 0 fully saturated rings. The third-order valence-corrected chi connectivity index (χ3v) is 2.18. The molecule has 12 heavy (non-hydrogen) atoms. The number of hydrogen-bond acceptors (Lipinski definition) is 2. The molecule has 0 aromatic heterocycles. The Hall–Kier alpha value is -0.630. The third-order valence-electron chi connectivity index (χ3n) is 2.18. The molecular weight excluding hydrogens is 148 g/mol. The van der Waals surface area contributed by atoms with Crippen LogP contribution in [0.25, 0.3) is 0 Å². The minimum Gasteiger partial charge on any atom is -0.314 e. The largest absolute Gasteiger partial charge is 0.314 e. The zero-order valence-electron chi connectivity index (χ0n) is 8.12. The maximum Gasteiger partial charge on any atom is 0.0227 e. The van der Waals surface area contributed by atoms with Gasteiger partial charge in [-0.25, -0.2) is 0 Å². The molecule has 0 saturated heterocycles. The van der Waals surface area contributed by atoms with Crippen LogP contribution in [0, 0.1) is 11.8 Å². The van der Waals surface area contributed by atoms with E-state index >= 15 is 0 Å². The van der Waals surface area contributed by atoms with Gasteiger partial charge in [0.25, 0.3) is 0 Å². The van der Waals surface area contributed by atoms with Crippen LogP contribution in [0.15, 0.2) is 17.3 Å². The van der Waals surface area contributed by atoms with Crippen LogP contribution in [-0.2, 0) is 0 Å². The summed E-state index contributed by atoms with van der Waals surface area (Å²) in [5.41, 5.74) is 0. The molecule has 0 spiro atoms. The Morgan fingerprint density at radius 3 is 2.83 bits per heavy atom. The molecule has 0 saturated carbocycles. The van der Waals surface area contributed by atoms with Crippen molar-refractivity contribution in [1.82, 2.24) is 5.32 Å². The Morgan fingerprint density at radius 1 is 1.50 bits per heavy atom. The summed E-state index contributed by atoms with van der Waals surface area (Å²) in [6.45, 7) is 7.61. The van der Waals surface area contributed by atoms with Crippen molar-refractivity contribution < 1.29 is 0 Å². The second-order valence-corrected chi connectivity index (χ2v) is 3.73. The molecule has 1 rings (SSSR count). The van der Waals surface area contributed by atoms with Crippen LogP contribution in [0.1, 0.15) is 20.8 Å². The molecule has 0 amide bonds. The Balaban J connectivity index is 2.32. The lowest BCUT2D eigenvalue weighted by Crippen LogP contribution is -2.31. The first-order chi connectivity index (χ1) is 5.70. The highest BCUT2D eigenvalue weighted by atomic mass is 14.9. The molecule has 1 aliphatic heterocycles. The summed E-state index contributed by atoms with van der Waals surface area (Å²) in [6, 6.07) is 0.574. The van der Waals surface area contributed by atoms with Crippen LogP contribution in [-0.4, -0.2) is 18.8 Å². The lowest BCUT2D eigenvalue weighted by atomic mass is 9.93. The summed E-state index contributed by atoms with van der Waals surface area (Å²) in [5.74, 6) is 1.19. The molecular formula is C10H18N2. The van der Waals surface area contributed by atoms with E-state index in [2.05, 4.69) is 37.2 Å². The minimum atomic E-state index is 0.571. The van der Waals surface area contributed by atoms with E-state index in [9.17, 15) is 0 Å². The fourth-order valence-electron chi connectivity index (χ4n) is 1.26. The summed E-state index contributed by atoms with van der Waals surface area (Å²) in [7, 11) is 0. The van der Waals surface area contributed by atoms with Crippen molar-refractivity contribution in [2.75, 3.05) is 6.54 Å². The zero-order valence-corrected chi connectivity index (χ0v) is 8.12. The molecule has 2 atom stereocenters. The normalized spacial score (nSPS) is 28.3. The lowest BCUT2D eigenvalue weighted by Gasteiger charge is -2.21. The van der Waals surface area contributed by atoms with E-state index in [1.807, 2.05) is 12.4 Å². The van der Waals surface area contributed by atoms with Gasteiger partial charge in [-0.1, -0.05) is 26.8 Å². The van der Waals surface area contributed by atoms with E-state index in [0.29, 0.717) is 17.9 Å². The van der Waals surface area contributed by atoms with E-state index in [1.54, 1.807) is 0 Å². The van der Waals surface area contributed by atoms with Crippen molar-refractivity contribution in [3.63, 3.8) is 0 Å². The summed E-state index contributed by atoms with van der Waals surface area (Å²) in [5, 5.41) is 3.43. The molecule has 1 heterocycles. The molecule has 0 radical (unpaired) electrons. The van der Waals surface area contributed by atoms with E-state index in [-0.39, 0.29) is 0 Å². The first-order valence-electron chi connectivity index (χ1n) is 4.63. The molecule has 2 unspecified atom stereocenters. The predicted octanol–water partition coefficient (Wildman–Crippen LogP) is 1.83. The number of aliphatic imine (C=N–C) groups is 1. The van der Waals surface area contributed by atoms with Crippen molar-refractivity contribution >= 4 is 6.21 Å². The van der Waals surface area contributed by atoms with Crippen LogP contribution in [0.3, 0.4) is 0 Å². The predicted molar refractivity (Wildman–Crippen MR) is 53.4 cm³/mol. The van der Waals surface area contributed by atoms with Gasteiger partial charge in [0.1, 0.15) is 0 Å². The zero-order chi connectivity index (χ0) is 8.97. The lowest BCUT2D eigenvalue weighted by molar-refractivity contribution is 0.460. The molecule has 0 aromatic rings. The molecule has 0 aromatic carbocycles. The van der Waals surface area contributed by atoms with Gasteiger partial charge in [-0.15, -0.1) is 0 Å². The fraction of sp³-hybridized carbons (Fsp3) is 0.700. The quantitative estimate of drug-likeness (QED) is 0.679. The van der Waals surface area contributed by atoms with E-state index in [4.69, 9.17) is 0 Å². The number of nitrogens with zero attached hydrogens (tertiary/aromatic N) is 1. The first kappa shape index (κ1) is 9.46. The summed E-state index contributed by atoms with van der Waals surface area (Å²) in [6.07, 6.45) is 6.10. The first-order valence-corrected chi connectivity index (χ1v) is 4.63. The topological polar surface area (TPSA) is 24.4 Å². The molecule has 2 nitrogen and oxygen atoms in total. The van der Waals surface area contributed by atoms with Gasteiger partial charge in [-0.05, 0) is 11.8 Å². The van der Waals surface area contributed by atoms with Crippen LogP contribution in [0.5, 0.6) is 0 Å². The van der Waals surface area contributed by atoms with E-state index in [1.165, 1.54) is 0 Å². The Morgan fingerprint density at radius 2 is 2.25 bits per heavy atom. The van der Waals surface area contributed by atoms with Gasteiger partial charge in [-0.2, -0.15) is 0 Å². The second-order valence-electron chi connectivity index (χ2n) is 3.73. The maximum absolute atomic E-state index is 4.10. The van der Waals surface area contributed by atoms with Gasteiger partial charge in [0, 0.05) is 25.0 Å².